The van der Waals surface area contributed by atoms with E-state index < -0.39 is 10.1 Å². The lowest BCUT2D eigenvalue weighted by molar-refractivity contribution is 0.229. The van der Waals surface area contributed by atoms with Crippen molar-refractivity contribution < 1.29 is 22.1 Å². The van der Waals surface area contributed by atoms with Crippen LogP contribution in [0.25, 0.3) is 0 Å². The SMILES string of the molecule is COc1c(C)cc2c(c1OC)[C@H](C)CC[C@@H]2[C@@H](C)COS(=O)(=O)c1ccc(C)cc1. The molecule has 0 bridgehead atoms. The quantitative estimate of drug-likeness (QED) is 0.553. The van der Waals surface area contributed by atoms with Gasteiger partial charge in [0.25, 0.3) is 10.1 Å². The molecule has 0 heterocycles. The third-order valence-electron chi connectivity index (χ3n) is 6.19. The predicted octanol–water partition coefficient (Wildman–Crippen LogP) is 5.34. The fourth-order valence-corrected chi connectivity index (χ4v) is 5.49. The van der Waals surface area contributed by atoms with Gasteiger partial charge in [-0.15, -0.1) is 0 Å². The van der Waals surface area contributed by atoms with Crippen LogP contribution in [0.4, 0.5) is 0 Å². The monoisotopic (exact) mass is 432 g/mol. The summed E-state index contributed by atoms with van der Waals surface area (Å²) in [7, 11) is -0.439. The molecule has 5 nitrogen and oxygen atoms in total. The molecule has 0 aromatic heterocycles. The van der Waals surface area contributed by atoms with Crippen molar-refractivity contribution in [1.29, 1.82) is 0 Å². The minimum atomic E-state index is -3.78. The van der Waals surface area contributed by atoms with E-state index in [4.69, 9.17) is 13.7 Å². The Morgan fingerprint density at radius 2 is 1.67 bits per heavy atom. The minimum Gasteiger partial charge on any atom is -0.493 e. The lowest BCUT2D eigenvalue weighted by Gasteiger charge is -2.35. The lowest BCUT2D eigenvalue weighted by Crippen LogP contribution is -2.24. The zero-order chi connectivity index (χ0) is 22.1. The highest BCUT2D eigenvalue weighted by molar-refractivity contribution is 7.86. The first-order valence-corrected chi connectivity index (χ1v) is 11.8. The summed E-state index contributed by atoms with van der Waals surface area (Å²) in [6.45, 7) is 8.34. The van der Waals surface area contributed by atoms with Crippen molar-refractivity contribution in [2.24, 2.45) is 5.92 Å². The highest BCUT2D eigenvalue weighted by atomic mass is 32.2. The molecule has 0 amide bonds. The molecule has 2 aromatic carbocycles. The summed E-state index contributed by atoms with van der Waals surface area (Å²) >= 11 is 0. The van der Waals surface area contributed by atoms with Crippen molar-refractivity contribution in [2.45, 2.75) is 57.3 Å². The molecule has 0 aliphatic heterocycles. The number of fused-ring (bicyclic) bond motifs is 1. The largest absolute Gasteiger partial charge is 0.493 e. The van der Waals surface area contributed by atoms with Gasteiger partial charge in [0.1, 0.15) is 0 Å². The summed E-state index contributed by atoms with van der Waals surface area (Å²) in [5, 5.41) is 0. The van der Waals surface area contributed by atoms with E-state index in [0.29, 0.717) is 5.92 Å². The zero-order valence-electron chi connectivity index (χ0n) is 18.7. The summed E-state index contributed by atoms with van der Waals surface area (Å²) in [4.78, 5) is 0.195. The molecule has 3 rings (SSSR count). The Kier molecular flexibility index (Phi) is 6.78. The molecule has 6 heteroatoms. The van der Waals surface area contributed by atoms with Crippen molar-refractivity contribution >= 4 is 10.1 Å². The highest BCUT2D eigenvalue weighted by Crippen LogP contribution is 2.50. The molecule has 0 N–H and O–H groups in total. The van der Waals surface area contributed by atoms with Crippen LogP contribution in [-0.4, -0.2) is 29.2 Å². The van der Waals surface area contributed by atoms with Crippen molar-refractivity contribution in [3.05, 3.63) is 52.6 Å². The third-order valence-corrected chi connectivity index (χ3v) is 7.48. The van der Waals surface area contributed by atoms with Crippen molar-refractivity contribution in [3.63, 3.8) is 0 Å². The van der Waals surface area contributed by atoms with Crippen LogP contribution in [0, 0.1) is 19.8 Å². The minimum absolute atomic E-state index is 0.0361. The highest BCUT2D eigenvalue weighted by Gasteiger charge is 2.34. The number of hydrogen-bond acceptors (Lipinski definition) is 5. The van der Waals surface area contributed by atoms with E-state index in [1.807, 2.05) is 13.8 Å². The van der Waals surface area contributed by atoms with Crippen LogP contribution in [0.5, 0.6) is 11.5 Å². The molecule has 2 aromatic rings. The van der Waals surface area contributed by atoms with Crippen molar-refractivity contribution in [2.75, 3.05) is 20.8 Å². The maximum Gasteiger partial charge on any atom is 0.296 e. The second-order valence-corrected chi connectivity index (χ2v) is 9.99. The molecule has 0 saturated carbocycles. The molecular weight excluding hydrogens is 400 g/mol. The van der Waals surface area contributed by atoms with Gasteiger partial charge in [0.2, 0.25) is 0 Å². The van der Waals surface area contributed by atoms with Gasteiger partial charge in [0.15, 0.2) is 11.5 Å². The normalized spacial score (nSPS) is 19.8. The molecule has 30 heavy (non-hydrogen) atoms. The summed E-state index contributed by atoms with van der Waals surface area (Å²) in [6, 6.07) is 8.91. The maximum absolute atomic E-state index is 12.6. The van der Waals surface area contributed by atoms with Gasteiger partial charge in [0.05, 0.1) is 25.7 Å². The second-order valence-electron chi connectivity index (χ2n) is 8.38. The van der Waals surface area contributed by atoms with Crippen molar-refractivity contribution in [3.8, 4) is 11.5 Å². The van der Waals surface area contributed by atoms with Gasteiger partial charge in [-0.3, -0.25) is 4.18 Å². The van der Waals surface area contributed by atoms with Gasteiger partial charge in [-0.2, -0.15) is 8.42 Å². The first kappa shape index (κ1) is 22.6. The van der Waals surface area contributed by atoms with Crippen LogP contribution in [-0.2, 0) is 14.3 Å². The zero-order valence-corrected chi connectivity index (χ0v) is 19.5. The lowest BCUT2D eigenvalue weighted by atomic mass is 9.72. The number of rotatable bonds is 7. The fraction of sp³-hybridized carbons (Fsp3) is 0.500. The Bertz CT molecular complexity index is 995. The maximum atomic E-state index is 12.6. The Morgan fingerprint density at radius 3 is 2.27 bits per heavy atom. The van der Waals surface area contributed by atoms with Crippen LogP contribution in [0.3, 0.4) is 0 Å². The van der Waals surface area contributed by atoms with Gasteiger partial charge >= 0.3 is 0 Å². The molecule has 164 valence electrons. The molecule has 0 fully saturated rings. The number of methoxy groups -OCH3 is 2. The van der Waals surface area contributed by atoms with E-state index in [1.165, 1.54) is 11.1 Å². The van der Waals surface area contributed by atoms with Crippen LogP contribution in [0.1, 0.15) is 60.8 Å². The van der Waals surface area contributed by atoms with Gasteiger partial charge in [-0.25, -0.2) is 0 Å². The Labute approximate surface area is 180 Å². The molecular formula is C24H32O5S. The van der Waals surface area contributed by atoms with Crippen molar-refractivity contribution in [1.82, 2.24) is 0 Å². The first-order chi connectivity index (χ1) is 14.2. The van der Waals surface area contributed by atoms with E-state index in [0.717, 1.165) is 35.5 Å². The molecule has 0 spiro atoms. The van der Waals surface area contributed by atoms with Crippen LogP contribution < -0.4 is 9.47 Å². The van der Waals surface area contributed by atoms with E-state index in [-0.39, 0.29) is 23.3 Å². The number of benzene rings is 2. The Morgan fingerprint density at radius 1 is 1.03 bits per heavy atom. The van der Waals surface area contributed by atoms with Gasteiger partial charge in [-0.1, -0.05) is 37.6 Å². The van der Waals surface area contributed by atoms with E-state index >= 15 is 0 Å². The molecule has 0 radical (unpaired) electrons. The summed E-state index contributed by atoms with van der Waals surface area (Å²) < 4.78 is 42.0. The first-order valence-electron chi connectivity index (χ1n) is 10.4. The number of aryl methyl sites for hydroxylation is 2. The fourth-order valence-electron chi connectivity index (χ4n) is 4.49. The summed E-state index contributed by atoms with van der Waals surface area (Å²) in [5.41, 5.74) is 4.42. The summed E-state index contributed by atoms with van der Waals surface area (Å²) in [6.07, 6.45) is 1.99. The van der Waals surface area contributed by atoms with Gasteiger partial charge in [0, 0.05) is 5.56 Å². The van der Waals surface area contributed by atoms with E-state index in [2.05, 4.69) is 19.9 Å². The molecule has 0 unspecified atom stereocenters. The predicted molar refractivity (Wildman–Crippen MR) is 118 cm³/mol. The van der Waals surface area contributed by atoms with E-state index in [1.54, 1.807) is 38.5 Å². The topological polar surface area (TPSA) is 61.8 Å². The van der Waals surface area contributed by atoms with Gasteiger partial charge < -0.3 is 9.47 Å². The number of ether oxygens (including phenoxy) is 2. The Balaban J connectivity index is 1.86. The van der Waals surface area contributed by atoms with E-state index in [9.17, 15) is 8.42 Å². The summed E-state index contributed by atoms with van der Waals surface area (Å²) in [5.74, 6) is 2.15. The van der Waals surface area contributed by atoms with Crippen LogP contribution in [0.15, 0.2) is 35.2 Å². The molecule has 0 saturated heterocycles. The van der Waals surface area contributed by atoms with Crippen LogP contribution in [0.2, 0.25) is 0 Å². The molecule has 3 atom stereocenters. The average molecular weight is 433 g/mol. The number of hydrogen-bond donors (Lipinski definition) is 0. The Hall–Kier alpha value is -2.05. The van der Waals surface area contributed by atoms with Crippen LogP contribution >= 0.6 is 0 Å². The second kappa shape index (κ2) is 8.98. The average Bonchev–Trinajstić information content (AvgIpc) is 2.71. The van der Waals surface area contributed by atoms with Gasteiger partial charge in [-0.05, 0) is 67.7 Å². The molecule has 1 aliphatic carbocycles. The molecule has 1 aliphatic rings. The standard InChI is InChI=1S/C24H32O5S/c1-15-7-10-19(11-8-15)30(25,26)29-14-18(4)20-12-9-16(2)22-21(20)13-17(3)23(27-5)24(22)28-6/h7-8,10-11,13,16,18,20H,9,12,14H2,1-6H3/t16-,18+,20-/m1/s1. The smallest absolute Gasteiger partial charge is 0.296 e. The third kappa shape index (κ3) is 4.35.